The van der Waals surface area contributed by atoms with E-state index < -0.39 is 6.10 Å². The maximum absolute atomic E-state index is 12.5. The van der Waals surface area contributed by atoms with Crippen molar-refractivity contribution >= 4 is 17.9 Å². The first-order valence-electron chi connectivity index (χ1n) is 19.8. The summed E-state index contributed by atoms with van der Waals surface area (Å²) in [4.78, 5) is 37.2. The van der Waals surface area contributed by atoms with E-state index in [4.69, 9.17) is 14.2 Å². The Bertz CT molecular complexity index is 774. The molecule has 47 heavy (non-hydrogen) atoms. The minimum absolute atomic E-state index is 0.0751. The summed E-state index contributed by atoms with van der Waals surface area (Å²) in [6.07, 6.45) is 37.6. The van der Waals surface area contributed by atoms with Crippen LogP contribution in [0.3, 0.4) is 0 Å². The third-order valence-corrected chi connectivity index (χ3v) is 8.46. The summed E-state index contributed by atoms with van der Waals surface area (Å²) in [6.45, 7) is 6.47. The topological polar surface area (TPSA) is 78.9 Å². The van der Waals surface area contributed by atoms with Crippen molar-refractivity contribution in [3.63, 3.8) is 0 Å². The Morgan fingerprint density at radius 3 is 1.21 bits per heavy atom. The summed E-state index contributed by atoms with van der Waals surface area (Å²) in [5.74, 6) is -0.908. The van der Waals surface area contributed by atoms with Crippen LogP contribution in [0.5, 0.6) is 0 Å². The highest BCUT2D eigenvalue weighted by molar-refractivity contribution is 5.71. The molecule has 6 heteroatoms. The van der Waals surface area contributed by atoms with Crippen molar-refractivity contribution < 1.29 is 28.6 Å². The van der Waals surface area contributed by atoms with Gasteiger partial charge in [0.2, 0.25) is 0 Å². The first-order chi connectivity index (χ1) is 23.0. The Kier molecular flexibility index (Phi) is 35.1. The SMILES string of the molecule is CCCCC/C=C\C/C=C\CCCCCCCC(=O)OCC(COC(=O)CCCCCCC)OC(=O)CCCCCCCCCCC. The molecule has 0 bridgehead atoms. The van der Waals surface area contributed by atoms with Crippen LogP contribution >= 0.6 is 0 Å². The number of hydrogen-bond acceptors (Lipinski definition) is 6. The number of esters is 3. The van der Waals surface area contributed by atoms with E-state index in [1.165, 1.54) is 77.0 Å². The summed E-state index contributed by atoms with van der Waals surface area (Å²) in [5, 5.41) is 0. The molecule has 0 aliphatic carbocycles. The molecule has 0 aliphatic rings. The monoisotopic (exact) mass is 663 g/mol. The van der Waals surface area contributed by atoms with E-state index in [2.05, 4.69) is 45.1 Å². The molecule has 0 fully saturated rings. The normalized spacial score (nSPS) is 12.1. The quantitative estimate of drug-likeness (QED) is 0.0291. The van der Waals surface area contributed by atoms with E-state index in [0.29, 0.717) is 19.3 Å². The molecule has 0 amide bonds. The van der Waals surface area contributed by atoms with Gasteiger partial charge in [0.15, 0.2) is 6.10 Å². The van der Waals surface area contributed by atoms with E-state index in [9.17, 15) is 14.4 Å². The molecule has 0 aromatic rings. The third kappa shape index (κ3) is 35.0. The molecule has 0 radical (unpaired) electrons. The van der Waals surface area contributed by atoms with Gasteiger partial charge in [-0.3, -0.25) is 14.4 Å². The van der Waals surface area contributed by atoms with Gasteiger partial charge in [-0.1, -0.05) is 154 Å². The second kappa shape index (κ2) is 36.7. The number of allylic oxidation sites excluding steroid dienone is 4. The minimum Gasteiger partial charge on any atom is -0.462 e. The van der Waals surface area contributed by atoms with Crippen LogP contribution < -0.4 is 0 Å². The number of unbranched alkanes of at least 4 members (excludes halogenated alkanes) is 20. The molecule has 0 spiro atoms. The molecule has 0 aromatic heterocycles. The molecule has 1 atom stereocenters. The van der Waals surface area contributed by atoms with E-state index >= 15 is 0 Å². The van der Waals surface area contributed by atoms with Crippen molar-refractivity contribution in [1.29, 1.82) is 0 Å². The van der Waals surface area contributed by atoms with Crippen LogP contribution in [0.15, 0.2) is 24.3 Å². The van der Waals surface area contributed by atoms with E-state index in [0.717, 1.165) is 83.5 Å². The molecule has 0 aliphatic heterocycles. The number of carbonyl (C=O) groups is 3. The molecule has 0 rings (SSSR count). The zero-order valence-corrected chi connectivity index (χ0v) is 31.0. The van der Waals surface area contributed by atoms with E-state index in [1.54, 1.807) is 0 Å². The molecule has 0 aromatic carbocycles. The molecular formula is C41H74O6. The minimum atomic E-state index is -0.765. The van der Waals surface area contributed by atoms with Gasteiger partial charge in [-0.05, 0) is 51.4 Å². The Hall–Kier alpha value is -2.11. The van der Waals surface area contributed by atoms with Gasteiger partial charge in [0.25, 0.3) is 0 Å². The predicted octanol–water partition coefficient (Wildman–Crippen LogP) is 12.1. The lowest BCUT2D eigenvalue weighted by Crippen LogP contribution is -2.30. The van der Waals surface area contributed by atoms with Crippen LogP contribution in [0, 0.1) is 0 Å². The first kappa shape index (κ1) is 44.9. The third-order valence-electron chi connectivity index (χ3n) is 8.46. The van der Waals surface area contributed by atoms with Crippen LogP contribution in [0.1, 0.15) is 201 Å². The highest BCUT2D eigenvalue weighted by Crippen LogP contribution is 2.13. The Labute approximate surface area is 290 Å². The lowest BCUT2D eigenvalue weighted by atomic mass is 10.1. The van der Waals surface area contributed by atoms with Gasteiger partial charge in [-0.15, -0.1) is 0 Å². The van der Waals surface area contributed by atoms with E-state index in [-0.39, 0.29) is 31.1 Å². The smallest absolute Gasteiger partial charge is 0.306 e. The number of carbonyl (C=O) groups excluding carboxylic acids is 3. The summed E-state index contributed by atoms with van der Waals surface area (Å²) >= 11 is 0. The fourth-order valence-electron chi connectivity index (χ4n) is 5.41. The zero-order chi connectivity index (χ0) is 34.5. The number of rotatable bonds is 35. The van der Waals surface area contributed by atoms with Crippen molar-refractivity contribution in [2.45, 2.75) is 207 Å². The summed E-state index contributed by atoms with van der Waals surface area (Å²) in [5.41, 5.74) is 0. The van der Waals surface area contributed by atoms with Crippen molar-refractivity contribution in [3.8, 4) is 0 Å². The fraction of sp³-hybridized carbons (Fsp3) is 0.829. The number of hydrogen-bond donors (Lipinski definition) is 0. The summed E-state index contributed by atoms with van der Waals surface area (Å²) in [6, 6.07) is 0. The van der Waals surface area contributed by atoms with Crippen molar-refractivity contribution in [2.75, 3.05) is 13.2 Å². The fourth-order valence-corrected chi connectivity index (χ4v) is 5.41. The van der Waals surface area contributed by atoms with Gasteiger partial charge in [-0.25, -0.2) is 0 Å². The Balaban J connectivity index is 4.26. The largest absolute Gasteiger partial charge is 0.462 e. The molecule has 274 valence electrons. The van der Waals surface area contributed by atoms with Crippen LogP contribution in [0.4, 0.5) is 0 Å². The van der Waals surface area contributed by atoms with E-state index in [1.807, 2.05) is 0 Å². The lowest BCUT2D eigenvalue weighted by molar-refractivity contribution is -0.167. The molecule has 0 N–H and O–H groups in total. The Morgan fingerprint density at radius 2 is 0.766 bits per heavy atom. The van der Waals surface area contributed by atoms with Gasteiger partial charge in [0.05, 0.1) is 0 Å². The van der Waals surface area contributed by atoms with Crippen molar-refractivity contribution in [2.24, 2.45) is 0 Å². The van der Waals surface area contributed by atoms with Crippen LogP contribution in [-0.4, -0.2) is 37.2 Å². The van der Waals surface area contributed by atoms with Gasteiger partial charge < -0.3 is 14.2 Å². The highest BCUT2D eigenvalue weighted by atomic mass is 16.6. The van der Waals surface area contributed by atoms with Gasteiger partial charge >= 0.3 is 17.9 Å². The van der Waals surface area contributed by atoms with Gasteiger partial charge in [0.1, 0.15) is 13.2 Å². The van der Waals surface area contributed by atoms with Crippen LogP contribution in [0.25, 0.3) is 0 Å². The van der Waals surface area contributed by atoms with Gasteiger partial charge in [0, 0.05) is 19.3 Å². The maximum atomic E-state index is 12.5. The molecule has 0 heterocycles. The average molecular weight is 663 g/mol. The van der Waals surface area contributed by atoms with Crippen molar-refractivity contribution in [3.05, 3.63) is 24.3 Å². The lowest BCUT2D eigenvalue weighted by Gasteiger charge is -2.18. The average Bonchev–Trinajstić information content (AvgIpc) is 3.06. The Morgan fingerprint density at radius 1 is 0.426 bits per heavy atom. The second-order valence-corrected chi connectivity index (χ2v) is 13.2. The number of ether oxygens (including phenoxy) is 3. The van der Waals surface area contributed by atoms with Crippen LogP contribution in [-0.2, 0) is 28.6 Å². The standard InChI is InChI=1S/C41H74O6/c1-4-7-10-13-15-17-18-19-20-21-22-24-25-28-31-34-40(43)46-37-38(36-45-39(42)33-30-27-12-9-6-3)47-41(44)35-32-29-26-23-16-14-11-8-5-2/h15,17,19-20,38H,4-14,16,18,21-37H2,1-3H3/b17-15-,20-19-. The molecule has 0 saturated heterocycles. The van der Waals surface area contributed by atoms with Crippen molar-refractivity contribution in [1.82, 2.24) is 0 Å². The first-order valence-corrected chi connectivity index (χ1v) is 19.8. The highest BCUT2D eigenvalue weighted by Gasteiger charge is 2.19. The maximum Gasteiger partial charge on any atom is 0.306 e. The molecular weight excluding hydrogens is 588 g/mol. The predicted molar refractivity (Wildman–Crippen MR) is 196 cm³/mol. The van der Waals surface area contributed by atoms with Gasteiger partial charge in [-0.2, -0.15) is 0 Å². The molecule has 1 unspecified atom stereocenters. The second-order valence-electron chi connectivity index (χ2n) is 13.2. The molecule has 0 saturated carbocycles. The molecule has 6 nitrogen and oxygen atoms in total. The summed E-state index contributed by atoms with van der Waals surface area (Å²) in [7, 11) is 0. The zero-order valence-electron chi connectivity index (χ0n) is 31.0. The van der Waals surface area contributed by atoms with Crippen LogP contribution in [0.2, 0.25) is 0 Å². The summed E-state index contributed by atoms with van der Waals surface area (Å²) < 4.78 is 16.5.